The summed E-state index contributed by atoms with van der Waals surface area (Å²) in [5, 5.41) is 0.884. The molecule has 0 aromatic rings. The molecule has 1 aliphatic heterocycles. The Morgan fingerprint density at radius 2 is 1.91 bits per heavy atom. The average molecular weight is 175 g/mol. The zero-order chi connectivity index (χ0) is 8.69. The van der Waals surface area contributed by atoms with E-state index in [1.54, 1.807) is 0 Å². The molecule has 0 aliphatic carbocycles. The second-order valence-electron chi connectivity index (χ2n) is 2.77. The lowest BCUT2D eigenvalue weighted by Crippen LogP contribution is -2.20. The van der Waals surface area contributed by atoms with Crippen LogP contribution in [-0.2, 0) is 0 Å². The highest BCUT2D eigenvalue weighted by molar-refractivity contribution is 7.99. The van der Waals surface area contributed by atoms with Gasteiger partial charge in [0.1, 0.15) is 0 Å². The molecule has 2 heteroatoms. The van der Waals surface area contributed by atoms with E-state index in [-0.39, 0.29) is 0 Å². The van der Waals surface area contributed by atoms with Crippen LogP contribution in [0, 0.1) is 0 Å². The van der Waals surface area contributed by atoms with Crippen LogP contribution in [0.25, 0.3) is 0 Å². The molecule has 68 valence electrons. The van der Waals surface area contributed by atoms with Gasteiger partial charge in [0.15, 0.2) is 0 Å². The lowest BCUT2D eigenvalue weighted by molar-refractivity contribution is 0.356. The van der Waals surface area contributed by atoms with Gasteiger partial charge in [-0.3, -0.25) is 0 Å². The van der Waals surface area contributed by atoms with Gasteiger partial charge in [-0.25, -0.2) is 0 Å². The summed E-state index contributed by atoms with van der Waals surface area (Å²) in [6.07, 6.45) is 1.36. The van der Waals surface area contributed by atoms with Crippen LogP contribution in [0.2, 0.25) is 0 Å². The molecular formula is C9H21NS. The first-order valence-corrected chi connectivity index (χ1v) is 5.64. The second-order valence-corrected chi connectivity index (χ2v) is 4.32. The molecule has 0 spiro atoms. The van der Waals surface area contributed by atoms with Crippen LogP contribution in [0.4, 0.5) is 0 Å². The molecule has 1 nitrogen and oxygen atoms in total. The molecule has 1 atom stereocenters. The van der Waals surface area contributed by atoms with Gasteiger partial charge in [0.05, 0.1) is 0 Å². The summed E-state index contributed by atoms with van der Waals surface area (Å²) in [4.78, 5) is 2.41. The molecule has 1 saturated heterocycles. The van der Waals surface area contributed by atoms with E-state index in [4.69, 9.17) is 0 Å². The number of rotatable bonds is 0. The fourth-order valence-electron chi connectivity index (χ4n) is 1.01. The maximum Gasteiger partial charge on any atom is 0.00694 e. The van der Waals surface area contributed by atoms with Gasteiger partial charge in [-0.2, -0.15) is 11.8 Å². The Bertz CT molecular complexity index is 75.6. The fraction of sp³-hybridized carbons (Fsp3) is 1.00. The minimum absolute atomic E-state index is 0.884. The lowest BCUT2D eigenvalue weighted by Gasteiger charge is -2.10. The molecule has 1 aliphatic rings. The first-order chi connectivity index (χ1) is 5.29. The van der Waals surface area contributed by atoms with Crippen molar-refractivity contribution >= 4 is 11.8 Å². The normalized spacial score (nSPS) is 26.7. The zero-order valence-electron chi connectivity index (χ0n) is 8.26. The van der Waals surface area contributed by atoms with Gasteiger partial charge in [0, 0.05) is 17.5 Å². The monoisotopic (exact) mass is 175 g/mol. The number of hydrogen-bond acceptors (Lipinski definition) is 2. The zero-order valence-corrected chi connectivity index (χ0v) is 9.08. The van der Waals surface area contributed by atoms with Crippen LogP contribution < -0.4 is 0 Å². The van der Waals surface area contributed by atoms with Crippen molar-refractivity contribution in [3.63, 3.8) is 0 Å². The Balaban J connectivity index is 0.000000461. The van der Waals surface area contributed by atoms with Crippen molar-refractivity contribution in [2.24, 2.45) is 0 Å². The molecule has 0 amide bonds. The van der Waals surface area contributed by atoms with Gasteiger partial charge in [0.2, 0.25) is 0 Å². The average Bonchev–Trinajstić information content (AvgIpc) is 2.20. The summed E-state index contributed by atoms with van der Waals surface area (Å²) >= 11 is 2.10. The molecular weight excluding hydrogens is 154 g/mol. The van der Waals surface area contributed by atoms with Crippen molar-refractivity contribution in [3.8, 4) is 0 Å². The fourth-order valence-corrected chi connectivity index (χ4v) is 2.10. The van der Waals surface area contributed by atoms with Gasteiger partial charge in [-0.15, -0.1) is 0 Å². The van der Waals surface area contributed by atoms with Gasteiger partial charge in [-0.1, -0.05) is 20.8 Å². The van der Waals surface area contributed by atoms with Crippen LogP contribution >= 0.6 is 11.8 Å². The van der Waals surface area contributed by atoms with Crippen LogP contribution in [0.5, 0.6) is 0 Å². The Labute approximate surface area is 75.5 Å². The van der Waals surface area contributed by atoms with E-state index in [1.807, 2.05) is 13.8 Å². The molecule has 0 radical (unpaired) electrons. The van der Waals surface area contributed by atoms with E-state index >= 15 is 0 Å². The highest BCUT2D eigenvalue weighted by Crippen LogP contribution is 2.17. The van der Waals surface area contributed by atoms with Crippen molar-refractivity contribution in [3.05, 3.63) is 0 Å². The van der Waals surface area contributed by atoms with Crippen LogP contribution in [-0.4, -0.2) is 36.0 Å². The molecule has 0 aromatic heterocycles. The summed E-state index contributed by atoms with van der Waals surface area (Å²) in [5.41, 5.74) is 0. The number of thioether (sulfide) groups is 1. The van der Waals surface area contributed by atoms with E-state index in [0.29, 0.717) is 0 Å². The summed E-state index contributed by atoms with van der Waals surface area (Å²) < 4.78 is 0. The molecule has 1 unspecified atom stereocenters. The van der Waals surface area contributed by atoms with E-state index in [0.717, 1.165) is 5.25 Å². The third-order valence-corrected chi connectivity index (χ3v) is 3.02. The van der Waals surface area contributed by atoms with Crippen molar-refractivity contribution in [1.29, 1.82) is 0 Å². The first kappa shape index (κ1) is 11.3. The van der Waals surface area contributed by atoms with E-state index < -0.39 is 0 Å². The Morgan fingerprint density at radius 3 is 2.55 bits per heavy atom. The summed E-state index contributed by atoms with van der Waals surface area (Å²) in [5.74, 6) is 1.32. The molecule has 0 bridgehead atoms. The topological polar surface area (TPSA) is 3.24 Å². The maximum absolute atomic E-state index is 2.41. The standard InChI is InChI=1S/C7H15NS.C2H6/c1-7-3-4-8(2)5-6-9-7;1-2/h7H,3-6H2,1-2H3;1-2H3. The van der Waals surface area contributed by atoms with Crippen LogP contribution in [0.1, 0.15) is 27.2 Å². The summed E-state index contributed by atoms with van der Waals surface area (Å²) in [7, 11) is 2.21. The van der Waals surface area contributed by atoms with E-state index in [9.17, 15) is 0 Å². The maximum atomic E-state index is 2.41. The summed E-state index contributed by atoms with van der Waals surface area (Å²) in [6.45, 7) is 8.88. The smallest absolute Gasteiger partial charge is 0.00694 e. The SMILES string of the molecule is CC.CC1CCN(C)CCS1. The predicted octanol–water partition coefficient (Wildman–Crippen LogP) is 2.47. The number of hydrogen-bond donors (Lipinski definition) is 0. The quantitative estimate of drug-likeness (QED) is 0.556. The summed E-state index contributed by atoms with van der Waals surface area (Å²) in [6, 6.07) is 0. The van der Waals surface area contributed by atoms with Crippen LogP contribution in [0.3, 0.4) is 0 Å². The van der Waals surface area contributed by atoms with Crippen molar-refractivity contribution < 1.29 is 0 Å². The van der Waals surface area contributed by atoms with Crippen molar-refractivity contribution in [1.82, 2.24) is 4.90 Å². The Kier molecular flexibility index (Phi) is 7.18. The Hall–Kier alpha value is 0.310. The molecule has 0 aromatic carbocycles. The Morgan fingerprint density at radius 1 is 1.27 bits per heavy atom. The van der Waals surface area contributed by atoms with E-state index in [2.05, 4.69) is 30.6 Å². The third-order valence-electron chi connectivity index (χ3n) is 1.79. The second kappa shape index (κ2) is 6.99. The molecule has 0 N–H and O–H groups in total. The van der Waals surface area contributed by atoms with Crippen molar-refractivity contribution in [2.75, 3.05) is 25.9 Å². The first-order valence-electron chi connectivity index (χ1n) is 4.59. The lowest BCUT2D eigenvalue weighted by atomic mass is 10.3. The van der Waals surface area contributed by atoms with Gasteiger partial charge in [0.25, 0.3) is 0 Å². The predicted molar refractivity (Wildman–Crippen MR) is 55.4 cm³/mol. The molecule has 0 saturated carbocycles. The van der Waals surface area contributed by atoms with Crippen LogP contribution in [0.15, 0.2) is 0 Å². The minimum atomic E-state index is 0.884. The largest absolute Gasteiger partial charge is 0.306 e. The third kappa shape index (κ3) is 5.57. The highest BCUT2D eigenvalue weighted by Gasteiger charge is 2.09. The van der Waals surface area contributed by atoms with Gasteiger partial charge in [-0.05, 0) is 20.0 Å². The van der Waals surface area contributed by atoms with Gasteiger partial charge < -0.3 is 4.90 Å². The number of nitrogens with zero attached hydrogens (tertiary/aromatic N) is 1. The molecule has 1 fully saturated rings. The van der Waals surface area contributed by atoms with Gasteiger partial charge >= 0.3 is 0 Å². The minimum Gasteiger partial charge on any atom is -0.306 e. The molecule has 11 heavy (non-hydrogen) atoms. The van der Waals surface area contributed by atoms with E-state index in [1.165, 1.54) is 25.3 Å². The van der Waals surface area contributed by atoms with Crippen molar-refractivity contribution in [2.45, 2.75) is 32.4 Å². The molecule has 1 heterocycles. The highest BCUT2D eigenvalue weighted by atomic mass is 32.2. The molecule has 1 rings (SSSR count).